The molecule has 152 valence electrons. The number of hydrogen-bond acceptors (Lipinski definition) is 5. The highest BCUT2D eigenvalue weighted by Gasteiger charge is 2.21. The molecule has 4 aromatic rings. The van der Waals surface area contributed by atoms with Crippen molar-refractivity contribution in [3.05, 3.63) is 100 Å². The van der Waals surface area contributed by atoms with E-state index in [1.165, 1.54) is 10.6 Å². The minimum Gasteiger partial charge on any atom is -0.506 e. The Kier molecular flexibility index (Phi) is 4.52. The predicted molar refractivity (Wildman–Crippen MR) is 117 cm³/mol. The Balaban J connectivity index is 1.63. The van der Waals surface area contributed by atoms with Crippen molar-refractivity contribution in [1.29, 1.82) is 0 Å². The van der Waals surface area contributed by atoms with Gasteiger partial charge in [-0.1, -0.05) is 42.5 Å². The highest BCUT2D eigenvalue weighted by atomic mass is 16.7. The standard InChI is InChI=1S/C25H17NO5/c27-20(12-10-16-11-13-21-22(14-16)31-15-30-21)23-24(28)18-8-4-5-9-19(18)26(25(23)29)17-6-2-1-3-7-17/h1-14,28H,15H2. The number of pyridine rings is 1. The third-order valence-electron chi connectivity index (χ3n) is 5.14. The summed E-state index contributed by atoms with van der Waals surface area (Å²) >= 11 is 0. The smallest absolute Gasteiger partial charge is 0.270 e. The van der Waals surface area contributed by atoms with Crippen molar-refractivity contribution < 1.29 is 19.4 Å². The van der Waals surface area contributed by atoms with Gasteiger partial charge >= 0.3 is 0 Å². The highest BCUT2D eigenvalue weighted by molar-refractivity contribution is 6.11. The number of fused-ring (bicyclic) bond motifs is 2. The molecular weight excluding hydrogens is 394 g/mol. The summed E-state index contributed by atoms with van der Waals surface area (Å²) < 4.78 is 12.1. The maximum absolute atomic E-state index is 13.3. The second-order valence-electron chi connectivity index (χ2n) is 7.03. The molecular formula is C25H17NO5. The van der Waals surface area contributed by atoms with Gasteiger partial charge in [-0.25, -0.2) is 0 Å². The number of benzene rings is 3. The predicted octanol–water partition coefficient (Wildman–Crippen LogP) is 4.32. The Morgan fingerprint density at radius 3 is 2.52 bits per heavy atom. The fourth-order valence-corrected chi connectivity index (χ4v) is 3.65. The van der Waals surface area contributed by atoms with Gasteiger partial charge in [0.25, 0.3) is 5.56 Å². The lowest BCUT2D eigenvalue weighted by Gasteiger charge is -2.14. The van der Waals surface area contributed by atoms with Crippen molar-refractivity contribution in [3.8, 4) is 22.9 Å². The van der Waals surface area contributed by atoms with E-state index < -0.39 is 11.3 Å². The van der Waals surface area contributed by atoms with E-state index in [2.05, 4.69) is 0 Å². The summed E-state index contributed by atoms with van der Waals surface area (Å²) in [4.78, 5) is 26.3. The second kappa shape index (κ2) is 7.50. The molecule has 0 saturated heterocycles. The van der Waals surface area contributed by atoms with Crippen LogP contribution in [0.25, 0.3) is 22.7 Å². The van der Waals surface area contributed by atoms with Gasteiger partial charge in [0.05, 0.1) is 5.52 Å². The first kappa shape index (κ1) is 18.7. The molecule has 3 aromatic carbocycles. The van der Waals surface area contributed by atoms with E-state index in [9.17, 15) is 14.7 Å². The van der Waals surface area contributed by atoms with Crippen LogP contribution in [0.4, 0.5) is 0 Å². The molecule has 1 N–H and O–H groups in total. The van der Waals surface area contributed by atoms with Crippen LogP contribution in [-0.2, 0) is 0 Å². The summed E-state index contributed by atoms with van der Waals surface area (Å²) in [6.07, 6.45) is 2.85. The van der Waals surface area contributed by atoms with Gasteiger partial charge in [0.15, 0.2) is 17.3 Å². The Hall–Kier alpha value is -4.32. The monoisotopic (exact) mass is 411 g/mol. The first-order valence-corrected chi connectivity index (χ1v) is 9.68. The van der Waals surface area contributed by atoms with Crippen molar-refractivity contribution in [3.63, 3.8) is 0 Å². The third-order valence-corrected chi connectivity index (χ3v) is 5.14. The molecule has 0 fully saturated rings. The molecule has 6 nitrogen and oxygen atoms in total. The minimum atomic E-state index is -0.587. The maximum atomic E-state index is 13.3. The van der Waals surface area contributed by atoms with Crippen molar-refractivity contribution in [2.24, 2.45) is 0 Å². The van der Waals surface area contributed by atoms with Gasteiger partial charge in [-0.3, -0.25) is 14.2 Å². The molecule has 31 heavy (non-hydrogen) atoms. The van der Waals surface area contributed by atoms with Crippen LogP contribution >= 0.6 is 0 Å². The average Bonchev–Trinajstić information content (AvgIpc) is 3.26. The van der Waals surface area contributed by atoms with Gasteiger partial charge in [0.2, 0.25) is 6.79 Å². The SMILES string of the molecule is O=C(C=Cc1ccc2c(c1)OCO2)c1c(O)c2ccccc2n(-c2ccccc2)c1=O. The molecule has 1 aliphatic rings. The van der Waals surface area contributed by atoms with E-state index in [-0.39, 0.29) is 18.1 Å². The fraction of sp³-hybridized carbons (Fsp3) is 0.0400. The molecule has 0 unspecified atom stereocenters. The van der Waals surface area contributed by atoms with Crippen LogP contribution in [0.3, 0.4) is 0 Å². The Morgan fingerprint density at radius 2 is 1.68 bits per heavy atom. The van der Waals surface area contributed by atoms with Crippen molar-refractivity contribution in [2.45, 2.75) is 0 Å². The molecule has 6 heteroatoms. The number of ketones is 1. The zero-order chi connectivity index (χ0) is 21.4. The summed E-state index contributed by atoms with van der Waals surface area (Å²) in [6.45, 7) is 0.158. The van der Waals surface area contributed by atoms with E-state index in [4.69, 9.17) is 9.47 Å². The number of ether oxygens (including phenoxy) is 2. The molecule has 0 spiro atoms. The normalized spacial score (nSPS) is 12.5. The summed E-state index contributed by atoms with van der Waals surface area (Å²) in [5, 5.41) is 11.2. The van der Waals surface area contributed by atoms with Gasteiger partial charge in [-0.2, -0.15) is 0 Å². The molecule has 2 heterocycles. The number of rotatable bonds is 4. The van der Waals surface area contributed by atoms with Gasteiger partial charge < -0.3 is 14.6 Å². The van der Waals surface area contributed by atoms with E-state index in [1.807, 2.05) is 18.2 Å². The summed E-state index contributed by atoms with van der Waals surface area (Å²) in [6, 6.07) is 21.2. The Bertz CT molecular complexity index is 1400. The number of aromatic hydroxyl groups is 1. The number of carbonyl (C=O) groups excluding carboxylic acids is 1. The van der Waals surface area contributed by atoms with Crippen molar-refractivity contribution in [2.75, 3.05) is 6.79 Å². The van der Waals surface area contributed by atoms with Crippen LogP contribution in [0.1, 0.15) is 15.9 Å². The Labute approximate surface area is 177 Å². The minimum absolute atomic E-state index is 0.158. The molecule has 0 saturated carbocycles. The zero-order valence-electron chi connectivity index (χ0n) is 16.3. The molecule has 0 atom stereocenters. The van der Waals surface area contributed by atoms with Crippen LogP contribution in [0, 0.1) is 0 Å². The van der Waals surface area contributed by atoms with Crippen molar-refractivity contribution >= 4 is 22.8 Å². The van der Waals surface area contributed by atoms with E-state index in [1.54, 1.807) is 60.7 Å². The fourth-order valence-electron chi connectivity index (χ4n) is 3.65. The van der Waals surface area contributed by atoms with Gasteiger partial charge in [0, 0.05) is 11.1 Å². The lowest BCUT2D eigenvalue weighted by Crippen LogP contribution is -2.25. The number of allylic oxidation sites excluding steroid dienone is 1. The van der Waals surface area contributed by atoms with Crippen LogP contribution in [0.2, 0.25) is 0 Å². The zero-order valence-corrected chi connectivity index (χ0v) is 16.3. The van der Waals surface area contributed by atoms with Crippen LogP contribution < -0.4 is 15.0 Å². The van der Waals surface area contributed by atoms with Gasteiger partial charge in [-0.15, -0.1) is 0 Å². The summed E-state index contributed by atoms with van der Waals surface area (Å²) in [5.41, 5.74) is 0.980. The van der Waals surface area contributed by atoms with Gasteiger partial charge in [0.1, 0.15) is 11.3 Å². The summed E-state index contributed by atoms with van der Waals surface area (Å²) in [7, 11) is 0. The quantitative estimate of drug-likeness (QED) is 0.400. The largest absolute Gasteiger partial charge is 0.506 e. The number of para-hydroxylation sites is 2. The first-order valence-electron chi connectivity index (χ1n) is 9.68. The summed E-state index contributed by atoms with van der Waals surface area (Å²) in [5.74, 6) is 0.319. The van der Waals surface area contributed by atoms with Crippen LogP contribution in [0.5, 0.6) is 17.2 Å². The number of aromatic nitrogens is 1. The number of nitrogens with zero attached hydrogens (tertiary/aromatic N) is 1. The molecule has 1 aromatic heterocycles. The second-order valence-corrected chi connectivity index (χ2v) is 7.03. The maximum Gasteiger partial charge on any atom is 0.270 e. The molecule has 0 radical (unpaired) electrons. The van der Waals surface area contributed by atoms with E-state index in [0.29, 0.717) is 33.7 Å². The highest BCUT2D eigenvalue weighted by Crippen LogP contribution is 2.33. The lowest BCUT2D eigenvalue weighted by molar-refractivity contribution is 0.104. The first-order chi connectivity index (χ1) is 15.1. The average molecular weight is 411 g/mol. The molecule has 0 aliphatic carbocycles. The van der Waals surface area contributed by atoms with Crippen LogP contribution in [0.15, 0.2) is 83.7 Å². The Morgan fingerprint density at radius 1 is 0.935 bits per heavy atom. The number of carbonyl (C=O) groups is 1. The molecule has 0 amide bonds. The number of hydrogen-bond donors (Lipinski definition) is 1. The van der Waals surface area contributed by atoms with Gasteiger partial charge in [-0.05, 0) is 48.0 Å². The lowest BCUT2D eigenvalue weighted by atomic mass is 10.0. The third kappa shape index (κ3) is 3.24. The van der Waals surface area contributed by atoms with E-state index >= 15 is 0 Å². The molecule has 1 aliphatic heterocycles. The molecule has 0 bridgehead atoms. The molecule has 5 rings (SSSR count). The van der Waals surface area contributed by atoms with Crippen molar-refractivity contribution in [1.82, 2.24) is 4.57 Å². The van der Waals surface area contributed by atoms with Crippen LogP contribution in [-0.4, -0.2) is 22.2 Å². The topological polar surface area (TPSA) is 77.8 Å². The van der Waals surface area contributed by atoms with E-state index in [0.717, 1.165) is 0 Å².